The summed E-state index contributed by atoms with van der Waals surface area (Å²) in [6, 6.07) is 0. The average molecular weight is 672 g/mol. The van der Waals surface area contributed by atoms with Crippen molar-refractivity contribution in [3.05, 3.63) is 0 Å². The van der Waals surface area contributed by atoms with E-state index in [1.54, 1.807) is 14.7 Å². The predicted octanol–water partition coefficient (Wildman–Crippen LogP) is 0.109. The molecule has 2 amide bonds. The average Bonchev–Trinajstić information content (AvgIpc) is 3.03. The number of amides is 2. The van der Waals surface area contributed by atoms with Crippen molar-refractivity contribution in [1.29, 1.82) is 0 Å². The number of carboxylic acids is 3. The SMILES string of the molecule is CC.CCCCN1CCN(C(=O)CCCCCNC(=O)CN2CCN(CC(=O)O)CCN(CC(=O)O)CCN(CC(=O)O)CC2)CC1. The van der Waals surface area contributed by atoms with Crippen LogP contribution in [0.5, 0.6) is 0 Å². The molecule has 2 heterocycles. The van der Waals surface area contributed by atoms with Gasteiger partial charge in [0, 0.05) is 91.5 Å². The van der Waals surface area contributed by atoms with Gasteiger partial charge in [-0.2, -0.15) is 0 Å². The molecule has 15 nitrogen and oxygen atoms in total. The molecule has 272 valence electrons. The van der Waals surface area contributed by atoms with Gasteiger partial charge in [0.1, 0.15) is 0 Å². The molecule has 0 atom stereocenters. The molecule has 0 aliphatic carbocycles. The molecule has 0 unspecified atom stereocenters. The van der Waals surface area contributed by atoms with Gasteiger partial charge in [-0.05, 0) is 25.8 Å². The summed E-state index contributed by atoms with van der Waals surface area (Å²) in [4.78, 5) is 71.0. The number of hydrogen-bond acceptors (Lipinski definition) is 10. The van der Waals surface area contributed by atoms with Crippen molar-refractivity contribution in [2.24, 2.45) is 0 Å². The van der Waals surface area contributed by atoms with E-state index in [0.29, 0.717) is 65.3 Å². The van der Waals surface area contributed by atoms with Crippen molar-refractivity contribution in [3.8, 4) is 0 Å². The first-order valence-electron chi connectivity index (χ1n) is 17.4. The highest BCUT2D eigenvalue weighted by atomic mass is 16.4. The first-order chi connectivity index (χ1) is 22.5. The number of piperazine rings is 1. The molecule has 15 heteroatoms. The Kier molecular flexibility index (Phi) is 22.6. The number of rotatable bonds is 17. The molecule has 2 aliphatic heterocycles. The van der Waals surface area contributed by atoms with Crippen molar-refractivity contribution in [2.45, 2.75) is 59.3 Å². The second kappa shape index (κ2) is 25.2. The summed E-state index contributed by atoms with van der Waals surface area (Å²) in [5.74, 6) is -2.95. The summed E-state index contributed by atoms with van der Waals surface area (Å²) < 4.78 is 0. The fourth-order valence-corrected chi connectivity index (χ4v) is 5.61. The van der Waals surface area contributed by atoms with Gasteiger partial charge in [0.25, 0.3) is 0 Å². The van der Waals surface area contributed by atoms with Crippen molar-refractivity contribution < 1.29 is 39.3 Å². The highest BCUT2D eigenvalue weighted by Gasteiger charge is 2.22. The zero-order chi connectivity index (χ0) is 35.0. The van der Waals surface area contributed by atoms with Gasteiger partial charge in [-0.3, -0.25) is 48.5 Å². The third-order valence-electron chi connectivity index (χ3n) is 8.32. The Labute approximate surface area is 280 Å². The number of carboxylic acid groups (broad SMARTS) is 3. The van der Waals surface area contributed by atoms with Crippen LogP contribution in [0.4, 0.5) is 0 Å². The monoisotopic (exact) mass is 671 g/mol. The number of nitrogens with zero attached hydrogens (tertiary/aromatic N) is 6. The normalized spacial score (nSPS) is 18.3. The van der Waals surface area contributed by atoms with Crippen LogP contribution in [0.1, 0.15) is 59.3 Å². The maximum Gasteiger partial charge on any atom is 0.317 e. The molecule has 2 fully saturated rings. The van der Waals surface area contributed by atoms with Gasteiger partial charge in [-0.15, -0.1) is 0 Å². The Morgan fingerprint density at radius 3 is 1.34 bits per heavy atom. The van der Waals surface area contributed by atoms with Crippen LogP contribution in [-0.4, -0.2) is 192 Å². The summed E-state index contributed by atoms with van der Waals surface area (Å²) in [7, 11) is 0. The molecule has 0 aromatic carbocycles. The molecule has 0 aromatic heterocycles. The van der Waals surface area contributed by atoms with Crippen molar-refractivity contribution in [2.75, 3.05) is 118 Å². The Bertz CT molecular complexity index is 901. The van der Waals surface area contributed by atoms with Crippen LogP contribution in [0.25, 0.3) is 0 Å². The minimum absolute atomic E-state index is 0.0929. The highest BCUT2D eigenvalue weighted by Crippen LogP contribution is 2.08. The van der Waals surface area contributed by atoms with Gasteiger partial charge < -0.3 is 25.5 Å². The Hall–Kier alpha value is -2.85. The summed E-state index contributed by atoms with van der Waals surface area (Å²) in [5, 5.41) is 31.0. The molecule has 47 heavy (non-hydrogen) atoms. The molecule has 0 aromatic rings. The van der Waals surface area contributed by atoms with Crippen LogP contribution in [0.3, 0.4) is 0 Å². The third-order valence-corrected chi connectivity index (χ3v) is 8.32. The maximum absolute atomic E-state index is 12.8. The molecule has 4 N–H and O–H groups in total. The topological polar surface area (TPSA) is 178 Å². The predicted molar refractivity (Wildman–Crippen MR) is 179 cm³/mol. The molecule has 0 saturated carbocycles. The quantitative estimate of drug-likeness (QED) is 0.153. The Morgan fingerprint density at radius 1 is 0.532 bits per heavy atom. The van der Waals surface area contributed by atoms with Crippen LogP contribution in [0, 0.1) is 0 Å². The van der Waals surface area contributed by atoms with E-state index in [4.69, 9.17) is 0 Å². The van der Waals surface area contributed by atoms with Crippen molar-refractivity contribution in [3.63, 3.8) is 0 Å². The Balaban J connectivity index is 0.00000541. The van der Waals surface area contributed by atoms with Gasteiger partial charge >= 0.3 is 17.9 Å². The van der Waals surface area contributed by atoms with Crippen molar-refractivity contribution >= 4 is 29.7 Å². The highest BCUT2D eigenvalue weighted by molar-refractivity contribution is 5.78. The van der Waals surface area contributed by atoms with Crippen molar-refractivity contribution in [1.82, 2.24) is 34.7 Å². The lowest BCUT2D eigenvalue weighted by Gasteiger charge is -2.34. The van der Waals surface area contributed by atoms with E-state index < -0.39 is 17.9 Å². The first kappa shape index (κ1) is 42.2. The molecule has 2 rings (SSSR count). The van der Waals surface area contributed by atoms with Gasteiger partial charge in [0.05, 0.1) is 26.2 Å². The van der Waals surface area contributed by atoms with E-state index >= 15 is 0 Å². The van der Waals surface area contributed by atoms with Crippen LogP contribution in [-0.2, 0) is 24.0 Å². The smallest absolute Gasteiger partial charge is 0.317 e. The maximum atomic E-state index is 12.8. The lowest BCUT2D eigenvalue weighted by atomic mass is 10.1. The summed E-state index contributed by atoms with van der Waals surface area (Å²) in [5.41, 5.74) is 0. The number of carbonyl (C=O) groups is 5. The number of hydrogen-bond donors (Lipinski definition) is 4. The zero-order valence-corrected chi connectivity index (χ0v) is 29.0. The molecular formula is C32H61N7O8. The van der Waals surface area contributed by atoms with Crippen LogP contribution in [0.15, 0.2) is 0 Å². The number of nitrogens with one attached hydrogen (secondary N) is 1. The lowest BCUT2D eigenvalue weighted by molar-refractivity contribution is -0.140. The largest absolute Gasteiger partial charge is 0.480 e. The fourth-order valence-electron chi connectivity index (χ4n) is 5.61. The van der Waals surface area contributed by atoms with Gasteiger partial charge in [-0.25, -0.2) is 0 Å². The van der Waals surface area contributed by atoms with Crippen LogP contribution in [0.2, 0.25) is 0 Å². The standard InChI is InChI=1S/C30H55N7O8.C2H6/c1-2-3-9-32-18-20-37(21-19-32)27(39)7-5-4-6-8-31-26(38)22-33-10-12-34(23-28(40)41)14-16-36(25-30(44)45)17-15-35(13-11-33)24-29(42)43;1-2/h2-25H2,1H3,(H,31,38)(H,40,41)(H,42,43)(H,44,45);1-2H3. The summed E-state index contributed by atoms with van der Waals surface area (Å²) in [6.45, 7) is 13.5. The molecule has 0 radical (unpaired) electrons. The first-order valence-corrected chi connectivity index (χ1v) is 17.4. The fraction of sp³-hybridized carbons (Fsp3) is 0.844. The molecule has 2 saturated heterocycles. The van der Waals surface area contributed by atoms with E-state index in [0.717, 1.165) is 52.0 Å². The number of carbonyl (C=O) groups excluding carboxylic acids is 2. The molecular weight excluding hydrogens is 610 g/mol. The van der Waals surface area contributed by atoms with E-state index in [2.05, 4.69) is 17.1 Å². The van der Waals surface area contributed by atoms with E-state index in [9.17, 15) is 39.3 Å². The third kappa shape index (κ3) is 20.2. The lowest BCUT2D eigenvalue weighted by Crippen LogP contribution is -2.49. The minimum Gasteiger partial charge on any atom is -0.480 e. The van der Waals surface area contributed by atoms with Gasteiger partial charge in [-0.1, -0.05) is 33.6 Å². The molecule has 0 spiro atoms. The molecule has 0 bridgehead atoms. The number of unbranched alkanes of at least 4 members (excludes halogenated alkanes) is 3. The summed E-state index contributed by atoms with van der Waals surface area (Å²) in [6.07, 6.45) is 5.26. The second-order valence-corrected chi connectivity index (χ2v) is 12.0. The minimum atomic E-state index is -1.01. The second-order valence-electron chi connectivity index (χ2n) is 12.0. The van der Waals surface area contributed by atoms with Crippen LogP contribution >= 0.6 is 0 Å². The summed E-state index contributed by atoms with van der Waals surface area (Å²) >= 11 is 0. The Morgan fingerprint density at radius 2 is 0.936 bits per heavy atom. The van der Waals surface area contributed by atoms with E-state index in [1.165, 1.54) is 12.8 Å². The number of aliphatic carboxylic acids is 3. The van der Waals surface area contributed by atoms with E-state index in [1.807, 2.05) is 23.6 Å². The van der Waals surface area contributed by atoms with Gasteiger partial charge in [0.15, 0.2) is 0 Å². The zero-order valence-electron chi connectivity index (χ0n) is 29.0. The van der Waals surface area contributed by atoms with Crippen LogP contribution < -0.4 is 5.32 Å². The van der Waals surface area contributed by atoms with Gasteiger partial charge in [0.2, 0.25) is 11.8 Å². The van der Waals surface area contributed by atoms with E-state index in [-0.39, 0.29) is 38.0 Å². The molecule has 2 aliphatic rings.